The van der Waals surface area contributed by atoms with E-state index in [1.807, 2.05) is 24.3 Å². The smallest absolute Gasteiger partial charge is 0.250 e. The number of hydrogen-bond donors (Lipinski definition) is 3. The summed E-state index contributed by atoms with van der Waals surface area (Å²) in [5.74, 6) is -0.646. The summed E-state index contributed by atoms with van der Waals surface area (Å²) >= 11 is 0. The number of nitrogens with one attached hydrogen (secondary N) is 2. The lowest BCUT2D eigenvalue weighted by Crippen LogP contribution is -2.45. The van der Waals surface area contributed by atoms with Gasteiger partial charge in [-0.25, -0.2) is 8.42 Å². The fraction of sp³-hybridized carbons (Fsp3) is 0.357. The van der Waals surface area contributed by atoms with E-state index in [9.17, 15) is 13.2 Å². The van der Waals surface area contributed by atoms with Crippen LogP contribution in [0.3, 0.4) is 0 Å². The lowest BCUT2D eigenvalue weighted by molar-refractivity contribution is -0.120. The second-order valence-corrected chi connectivity index (χ2v) is 7.34. The average Bonchev–Trinajstić information content (AvgIpc) is 3.23. The first-order valence-electron chi connectivity index (χ1n) is 6.83. The Morgan fingerprint density at radius 2 is 2.10 bits per heavy atom. The molecule has 2 aromatic rings. The topological polar surface area (TPSA) is 105 Å². The van der Waals surface area contributed by atoms with Crippen molar-refractivity contribution in [3.05, 3.63) is 36.0 Å². The van der Waals surface area contributed by atoms with E-state index >= 15 is 0 Å². The van der Waals surface area contributed by atoms with Crippen molar-refractivity contribution < 1.29 is 13.2 Å². The highest BCUT2D eigenvalue weighted by molar-refractivity contribution is 7.90. The zero-order valence-corrected chi connectivity index (χ0v) is 12.2. The second kappa shape index (κ2) is 5.16. The zero-order valence-electron chi connectivity index (χ0n) is 11.4. The molecular weight excluding hydrogens is 290 g/mol. The summed E-state index contributed by atoms with van der Waals surface area (Å²) in [4.78, 5) is 15.0. The molecule has 1 heterocycles. The monoisotopic (exact) mass is 307 g/mol. The van der Waals surface area contributed by atoms with E-state index in [0.717, 1.165) is 16.5 Å². The van der Waals surface area contributed by atoms with Crippen molar-refractivity contribution >= 4 is 26.8 Å². The molecule has 4 N–H and O–H groups in total. The summed E-state index contributed by atoms with van der Waals surface area (Å²) in [6, 6.07) is 6.80. The number of nitrogens with two attached hydrogens (primary N) is 1. The zero-order chi connectivity index (χ0) is 15.0. The van der Waals surface area contributed by atoms with Crippen LogP contribution < -0.4 is 10.5 Å². The van der Waals surface area contributed by atoms with E-state index in [2.05, 4.69) is 9.71 Å². The predicted octanol–water partition coefficient (Wildman–Crippen LogP) is 0.646. The maximum absolute atomic E-state index is 11.9. The number of carbonyl (C=O) groups excluding carboxylic acids is 1. The summed E-state index contributed by atoms with van der Waals surface area (Å²) in [6.07, 6.45) is 3.31. The summed E-state index contributed by atoms with van der Waals surface area (Å²) < 4.78 is 25.5. The van der Waals surface area contributed by atoms with Gasteiger partial charge in [-0.15, -0.1) is 0 Å². The molecule has 0 bridgehead atoms. The Labute approximate surface area is 122 Å². The van der Waals surface area contributed by atoms with E-state index in [-0.39, 0.29) is 6.42 Å². The standard InChI is InChI=1S/C14H17N3O3S/c15-12(14(18)17-21(19,20)10-5-6-10)7-9-8-16-13-4-2-1-3-11(9)13/h1-4,8,10,12,16H,5-7,15H2,(H,17,18)/t12-/m0/s1. The number of rotatable bonds is 5. The largest absolute Gasteiger partial charge is 0.361 e. The van der Waals surface area contributed by atoms with Gasteiger partial charge in [-0.3, -0.25) is 9.52 Å². The van der Waals surface area contributed by atoms with Crippen LogP contribution in [0.1, 0.15) is 18.4 Å². The summed E-state index contributed by atoms with van der Waals surface area (Å²) in [5.41, 5.74) is 7.70. The number of carbonyl (C=O) groups is 1. The third kappa shape index (κ3) is 2.93. The third-order valence-corrected chi connectivity index (χ3v) is 5.49. The first-order chi connectivity index (χ1) is 9.97. The van der Waals surface area contributed by atoms with Crippen molar-refractivity contribution in [2.75, 3.05) is 0 Å². The molecule has 1 amide bonds. The van der Waals surface area contributed by atoms with Gasteiger partial charge in [0.05, 0.1) is 11.3 Å². The van der Waals surface area contributed by atoms with Crippen molar-refractivity contribution in [3.63, 3.8) is 0 Å². The van der Waals surface area contributed by atoms with Gasteiger partial charge >= 0.3 is 0 Å². The van der Waals surface area contributed by atoms with Gasteiger partial charge in [0.2, 0.25) is 10.0 Å². The Balaban J connectivity index is 1.71. The first kappa shape index (κ1) is 14.1. The summed E-state index contributed by atoms with van der Waals surface area (Å²) in [7, 11) is -3.54. The first-order valence-corrected chi connectivity index (χ1v) is 8.38. The average molecular weight is 307 g/mol. The Bertz CT molecular complexity index is 778. The molecule has 0 aliphatic heterocycles. The minimum absolute atomic E-state index is 0.288. The minimum atomic E-state index is -3.54. The van der Waals surface area contributed by atoms with Crippen molar-refractivity contribution in [1.82, 2.24) is 9.71 Å². The number of amides is 1. The highest BCUT2D eigenvalue weighted by Crippen LogP contribution is 2.27. The minimum Gasteiger partial charge on any atom is -0.361 e. The fourth-order valence-corrected chi connectivity index (χ4v) is 3.66. The van der Waals surface area contributed by atoms with Crippen molar-refractivity contribution in [2.45, 2.75) is 30.6 Å². The van der Waals surface area contributed by atoms with Gasteiger partial charge in [0.25, 0.3) is 5.91 Å². The van der Waals surface area contributed by atoms with Crippen molar-refractivity contribution in [1.29, 1.82) is 0 Å². The van der Waals surface area contributed by atoms with Crippen LogP contribution in [0, 0.1) is 0 Å². The van der Waals surface area contributed by atoms with E-state index in [1.54, 1.807) is 6.20 Å². The van der Waals surface area contributed by atoms with Gasteiger partial charge in [-0.05, 0) is 30.9 Å². The van der Waals surface area contributed by atoms with Crippen LogP contribution in [0.2, 0.25) is 0 Å². The number of hydrogen-bond acceptors (Lipinski definition) is 4. The van der Waals surface area contributed by atoms with E-state index in [0.29, 0.717) is 12.8 Å². The Morgan fingerprint density at radius 3 is 2.81 bits per heavy atom. The highest BCUT2D eigenvalue weighted by atomic mass is 32.2. The van der Waals surface area contributed by atoms with Gasteiger partial charge in [0.1, 0.15) is 0 Å². The number of sulfonamides is 1. The lowest BCUT2D eigenvalue weighted by Gasteiger charge is -2.12. The molecule has 0 unspecified atom stereocenters. The van der Waals surface area contributed by atoms with Gasteiger partial charge in [-0.1, -0.05) is 18.2 Å². The number of fused-ring (bicyclic) bond motifs is 1. The molecule has 1 aromatic heterocycles. The quantitative estimate of drug-likeness (QED) is 0.754. The SMILES string of the molecule is N[C@@H](Cc1c[nH]c2ccccc12)C(=O)NS(=O)(=O)C1CC1. The molecule has 3 rings (SSSR count). The van der Waals surface area contributed by atoms with Crippen LogP contribution in [0.4, 0.5) is 0 Å². The normalized spacial score (nSPS) is 16.8. The molecule has 0 spiro atoms. The fourth-order valence-electron chi connectivity index (χ4n) is 2.31. The Hall–Kier alpha value is -1.86. The van der Waals surface area contributed by atoms with Crippen molar-refractivity contribution in [2.24, 2.45) is 5.73 Å². The Morgan fingerprint density at radius 1 is 1.38 bits per heavy atom. The van der Waals surface area contributed by atoms with E-state index in [4.69, 9.17) is 5.73 Å². The Kier molecular flexibility index (Phi) is 3.46. The number of H-pyrrole nitrogens is 1. The number of benzene rings is 1. The molecule has 112 valence electrons. The molecule has 21 heavy (non-hydrogen) atoms. The molecule has 0 radical (unpaired) electrons. The van der Waals surface area contributed by atoms with Gasteiger partial charge in [0.15, 0.2) is 0 Å². The molecule has 6 nitrogen and oxygen atoms in total. The maximum atomic E-state index is 11.9. The number of para-hydroxylation sites is 1. The molecule has 1 aliphatic carbocycles. The predicted molar refractivity (Wildman–Crippen MR) is 80.1 cm³/mol. The van der Waals surface area contributed by atoms with Crippen LogP contribution in [0.25, 0.3) is 10.9 Å². The molecule has 1 fully saturated rings. The molecular formula is C14H17N3O3S. The van der Waals surface area contributed by atoms with E-state index < -0.39 is 27.2 Å². The number of aromatic nitrogens is 1. The molecule has 0 saturated heterocycles. The molecule has 1 saturated carbocycles. The number of aromatic amines is 1. The van der Waals surface area contributed by atoms with Crippen LogP contribution in [-0.2, 0) is 21.2 Å². The van der Waals surface area contributed by atoms with Gasteiger partial charge in [-0.2, -0.15) is 0 Å². The van der Waals surface area contributed by atoms with Crippen LogP contribution in [-0.4, -0.2) is 30.6 Å². The van der Waals surface area contributed by atoms with Gasteiger partial charge in [0, 0.05) is 17.1 Å². The third-order valence-electron chi connectivity index (χ3n) is 3.66. The summed E-state index contributed by atoms with van der Waals surface area (Å²) in [6.45, 7) is 0. The molecule has 7 heteroatoms. The maximum Gasteiger partial charge on any atom is 0.250 e. The highest BCUT2D eigenvalue weighted by Gasteiger charge is 2.37. The lowest BCUT2D eigenvalue weighted by atomic mass is 10.1. The van der Waals surface area contributed by atoms with Crippen molar-refractivity contribution in [3.8, 4) is 0 Å². The summed E-state index contributed by atoms with van der Waals surface area (Å²) in [5, 5.41) is 0.563. The molecule has 1 aliphatic rings. The second-order valence-electron chi connectivity index (χ2n) is 5.38. The van der Waals surface area contributed by atoms with Crippen LogP contribution in [0.5, 0.6) is 0 Å². The van der Waals surface area contributed by atoms with Crippen LogP contribution in [0.15, 0.2) is 30.5 Å². The van der Waals surface area contributed by atoms with Crippen LogP contribution >= 0.6 is 0 Å². The molecule has 1 aromatic carbocycles. The molecule has 1 atom stereocenters. The van der Waals surface area contributed by atoms with E-state index in [1.165, 1.54) is 0 Å². The van der Waals surface area contributed by atoms with Gasteiger partial charge < -0.3 is 10.7 Å².